The third-order valence-corrected chi connectivity index (χ3v) is 4.66. The minimum absolute atomic E-state index is 0.390. The smallest absolute Gasteiger partial charge is 0.335 e. The highest BCUT2D eigenvalue weighted by molar-refractivity contribution is 5.89. The summed E-state index contributed by atoms with van der Waals surface area (Å²) in [4.78, 5) is 13.6. The maximum absolute atomic E-state index is 11.0. The zero-order valence-electron chi connectivity index (χ0n) is 11.9. The molecule has 4 heteroatoms. The van der Waals surface area contributed by atoms with Gasteiger partial charge in [0, 0.05) is 24.3 Å². The Morgan fingerprint density at radius 2 is 2.15 bits per heavy atom. The van der Waals surface area contributed by atoms with E-state index in [4.69, 9.17) is 5.11 Å². The summed E-state index contributed by atoms with van der Waals surface area (Å²) in [7, 11) is 0. The van der Waals surface area contributed by atoms with Crippen LogP contribution in [0.3, 0.4) is 0 Å². The van der Waals surface area contributed by atoms with Crippen LogP contribution in [-0.4, -0.2) is 41.1 Å². The molecule has 20 heavy (non-hydrogen) atoms. The van der Waals surface area contributed by atoms with Crippen LogP contribution in [0.4, 0.5) is 5.69 Å². The van der Waals surface area contributed by atoms with Gasteiger partial charge in [0.25, 0.3) is 0 Å². The highest BCUT2D eigenvalue weighted by atomic mass is 16.4. The first-order valence-electron chi connectivity index (χ1n) is 7.49. The largest absolute Gasteiger partial charge is 0.478 e. The van der Waals surface area contributed by atoms with E-state index in [1.54, 1.807) is 6.07 Å². The van der Waals surface area contributed by atoms with Crippen LogP contribution in [0, 0.1) is 6.92 Å². The molecular formula is C16H22N2O2. The van der Waals surface area contributed by atoms with Crippen LogP contribution in [0.15, 0.2) is 18.2 Å². The molecule has 0 aromatic heterocycles. The molecule has 1 aromatic rings. The van der Waals surface area contributed by atoms with Crippen LogP contribution in [-0.2, 0) is 0 Å². The number of aromatic carboxylic acids is 1. The molecule has 1 aromatic carbocycles. The van der Waals surface area contributed by atoms with Gasteiger partial charge in [-0.15, -0.1) is 0 Å². The maximum atomic E-state index is 11.0. The quantitative estimate of drug-likeness (QED) is 0.890. The highest BCUT2D eigenvalue weighted by Gasteiger charge is 2.35. The zero-order chi connectivity index (χ0) is 14.1. The maximum Gasteiger partial charge on any atom is 0.335 e. The van der Waals surface area contributed by atoms with Crippen molar-refractivity contribution in [1.29, 1.82) is 0 Å². The molecule has 0 aliphatic carbocycles. The summed E-state index contributed by atoms with van der Waals surface area (Å²) in [6.45, 7) is 4.28. The molecule has 2 heterocycles. The van der Waals surface area contributed by atoms with Gasteiger partial charge in [-0.1, -0.05) is 6.42 Å². The van der Waals surface area contributed by atoms with Crippen LogP contribution < -0.4 is 5.32 Å². The molecule has 108 valence electrons. The minimum atomic E-state index is -0.853. The van der Waals surface area contributed by atoms with E-state index >= 15 is 0 Å². The number of carboxylic acids is 1. The van der Waals surface area contributed by atoms with E-state index in [1.807, 2.05) is 19.1 Å². The molecule has 3 rings (SSSR count). The SMILES string of the molecule is Cc1cc(NC2CCN3CCCCC23)ccc1C(=O)O. The molecule has 2 fully saturated rings. The molecule has 0 amide bonds. The Morgan fingerprint density at radius 3 is 2.90 bits per heavy atom. The fourth-order valence-corrected chi connectivity index (χ4v) is 3.62. The van der Waals surface area contributed by atoms with Gasteiger partial charge >= 0.3 is 5.97 Å². The Balaban J connectivity index is 1.72. The van der Waals surface area contributed by atoms with Gasteiger partial charge in [0.05, 0.1) is 5.56 Å². The first-order valence-corrected chi connectivity index (χ1v) is 7.49. The van der Waals surface area contributed by atoms with Crippen LogP contribution in [0.2, 0.25) is 0 Å². The van der Waals surface area contributed by atoms with E-state index in [2.05, 4.69) is 10.2 Å². The Labute approximate surface area is 119 Å². The van der Waals surface area contributed by atoms with Crippen molar-refractivity contribution in [2.24, 2.45) is 0 Å². The Bertz CT molecular complexity index is 515. The van der Waals surface area contributed by atoms with E-state index in [1.165, 1.54) is 38.8 Å². The molecule has 4 nitrogen and oxygen atoms in total. The Hall–Kier alpha value is -1.55. The summed E-state index contributed by atoms with van der Waals surface area (Å²) in [5.74, 6) is -0.853. The number of carbonyl (C=O) groups is 1. The predicted molar refractivity (Wildman–Crippen MR) is 79.4 cm³/mol. The fraction of sp³-hybridized carbons (Fsp3) is 0.562. The van der Waals surface area contributed by atoms with Crippen LogP contribution >= 0.6 is 0 Å². The summed E-state index contributed by atoms with van der Waals surface area (Å²) in [6.07, 6.45) is 5.13. The first kappa shape index (κ1) is 13.4. The second kappa shape index (κ2) is 5.44. The number of carboxylic acid groups (broad SMARTS) is 1. The molecule has 0 bridgehead atoms. The van der Waals surface area contributed by atoms with E-state index < -0.39 is 5.97 Å². The molecule has 2 unspecified atom stereocenters. The van der Waals surface area contributed by atoms with E-state index in [9.17, 15) is 4.79 Å². The molecule has 2 aliphatic heterocycles. The summed E-state index contributed by atoms with van der Waals surface area (Å²) in [5.41, 5.74) is 2.26. The number of rotatable bonds is 3. The lowest BCUT2D eigenvalue weighted by atomic mass is 9.98. The van der Waals surface area contributed by atoms with Gasteiger partial charge in [-0.25, -0.2) is 4.79 Å². The second-order valence-corrected chi connectivity index (χ2v) is 5.97. The predicted octanol–water partition coefficient (Wildman–Crippen LogP) is 2.73. The van der Waals surface area contributed by atoms with Gasteiger partial charge in [-0.05, 0) is 56.5 Å². The van der Waals surface area contributed by atoms with Crippen molar-refractivity contribution < 1.29 is 9.90 Å². The number of fused-ring (bicyclic) bond motifs is 1. The number of hydrogen-bond donors (Lipinski definition) is 2. The van der Waals surface area contributed by atoms with Crippen molar-refractivity contribution >= 4 is 11.7 Å². The zero-order valence-corrected chi connectivity index (χ0v) is 11.9. The van der Waals surface area contributed by atoms with Crippen LogP contribution in [0.1, 0.15) is 41.6 Å². The van der Waals surface area contributed by atoms with Crippen LogP contribution in [0.5, 0.6) is 0 Å². The van der Waals surface area contributed by atoms with Crippen molar-refractivity contribution in [1.82, 2.24) is 4.90 Å². The number of anilines is 1. The second-order valence-electron chi connectivity index (χ2n) is 5.97. The number of benzene rings is 1. The number of nitrogens with zero attached hydrogens (tertiary/aromatic N) is 1. The van der Waals surface area contributed by atoms with E-state index in [-0.39, 0.29) is 0 Å². The van der Waals surface area contributed by atoms with E-state index in [0.717, 1.165) is 11.3 Å². The van der Waals surface area contributed by atoms with Gasteiger partial charge in [0.15, 0.2) is 0 Å². The molecule has 0 saturated carbocycles. The van der Waals surface area contributed by atoms with Crippen molar-refractivity contribution in [2.75, 3.05) is 18.4 Å². The van der Waals surface area contributed by atoms with Gasteiger partial charge < -0.3 is 10.4 Å². The highest BCUT2D eigenvalue weighted by Crippen LogP contribution is 2.29. The lowest BCUT2D eigenvalue weighted by Crippen LogP contribution is -2.41. The summed E-state index contributed by atoms with van der Waals surface area (Å²) < 4.78 is 0. The summed E-state index contributed by atoms with van der Waals surface area (Å²) in [6, 6.07) is 6.71. The van der Waals surface area contributed by atoms with E-state index in [0.29, 0.717) is 17.6 Å². The van der Waals surface area contributed by atoms with Gasteiger partial charge in [-0.2, -0.15) is 0 Å². The molecule has 2 aliphatic rings. The number of hydrogen-bond acceptors (Lipinski definition) is 3. The third kappa shape index (κ3) is 2.52. The van der Waals surface area contributed by atoms with Crippen LogP contribution in [0.25, 0.3) is 0 Å². The standard InChI is InChI=1S/C16H22N2O2/c1-11-10-12(5-6-13(11)16(19)20)17-14-7-9-18-8-3-2-4-15(14)18/h5-6,10,14-15,17H,2-4,7-9H2,1H3,(H,19,20). The van der Waals surface area contributed by atoms with Crippen molar-refractivity contribution in [3.63, 3.8) is 0 Å². The van der Waals surface area contributed by atoms with Crippen molar-refractivity contribution in [3.8, 4) is 0 Å². The Morgan fingerprint density at radius 1 is 1.30 bits per heavy atom. The molecule has 2 N–H and O–H groups in total. The number of piperidine rings is 1. The molecule has 0 radical (unpaired) electrons. The fourth-order valence-electron chi connectivity index (χ4n) is 3.62. The number of aryl methyl sites for hydroxylation is 1. The van der Waals surface area contributed by atoms with Crippen molar-refractivity contribution in [2.45, 2.75) is 44.7 Å². The lowest BCUT2D eigenvalue weighted by molar-refractivity contribution is 0.0696. The van der Waals surface area contributed by atoms with Gasteiger partial charge in [0.1, 0.15) is 0 Å². The van der Waals surface area contributed by atoms with Gasteiger partial charge in [-0.3, -0.25) is 4.90 Å². The lowest BCUT2D eigenvalue weighted by Gasteiger charge is -2.33. The monoisotopic (exact) mass is 274 g/mol. The molecule has 0 spiro atoms. The summed E-state index contributed by atoms with van der Waals surface area (Å²) in [5, 5.41) is 12.7. The third-order valence-electron chi connectivity index (χ3n) is 4.66. The topological polar surface area (TPSA) is 52.6 Å². The summed E-state index contributed by atoms with van der Waals surface area (Å²) >= 11 is 0. The normalized spacial score (nSPS) is 26.2. The number of nitrogens with one attached hydrogen (secondary N) is 1. The molecular weight excluding hydrogens is 252 g/mol. The Kier molecular flexibility index (Phi) is 3.66. The minimum Gasteiger partial charge on any atom is -0.478 e. The average Bonchev–Trinajstić information content (AvgIpc) is 2.82. The average molecular weight is 274 g/mol. The van der Waals surface area contributed by atoms with Gasteiger partial charge in [0.2, 0.25) is 0 Å². The molecule has 2 saturated heterocycles. The van der Waals surface area contributed by atoms with Crippen molar-refractivity contribution in [3.05, 3.63) is 29.3 Å². The first-order chi connectivity index (χ1) is 9.65. The molecule has 2 atom stereocenters.